The van der Waals surface area contributed by atoms with E-state index in [2.05, 4.69) is 20.9 Å². The van der Waals surface area contributed by atoms with Crippen LogP contribution in [-0.4, -0.2) is 26.9 Å². The Balaban J connectivity index is 4.87. The first kappa shape index (κ1) is 11.3. The minimum Gasteiger partial charge on any atom is -0.370 e. The second-order valence-electron chi connectivity index (χ2n) is 1.77. The fraction of sp³-hybridized carbons (Fsp3) is 0.200. The Hall–Kier alpha value is -1.70. The molecule has 0 aromatic heterocycles. The quantitative estimate of drug-likeness (QED) is 0.334. The maximum atomic E-state index is 10.1. The maximum Gasteiger partial charge on any atom is 0.319 e. The van der Waals surface area contributed by atoms with Crippen LogP contribution in [0.5, 0.6) is 0 Å². The molecule has 0 saturated heterocycles. The second kappa shape index (κ2) is 5.89. The largest absolute Gasteiger partial charge is 0.370 e. The van der Waals surface area contributed by atoms with Crippen LogP contribution in [0.1, 0.15) is 0 Å². The molecule has 7 nitrogen and oxygen atoms in total. The summed E-state index contributed by atoms with van der Waals surface area (Å²) in [6.07, 6.45) is 1.45. The van der Waals surface area contributed by atoms with Gasteiger partial charge < -0.3 is 11.5 Å². The number of nitrogens with two attached hydrogens (primary N) is 2. The Labute approximate surface area is 76.6 Å². The highest BCUT2D eigenvalue weighted by molar-refractivity contribution is 7.62. The number of guanidine groups is 2. The molecular formula is C5H9N5O2S. The van der Waals surface area contributed by atoms with Gasteiger partial charge in [0.05, 0.1) is 6.54 Å². The van der Waals surface area contributed by atoms with E-state index in [0.717, 1.165) is 0 Å². The third-order valence-electron chi connectivity index (χ3n) is 0.747. The topological polar surface area (TPSA) is 123 Å². The van der Waals surface area contributed by atoms with Crippen molar-refractivity contribution < 1.29 is 8.42 Å². The van der Waals surface area contributed by atoms with Gasteiger partial charge in [-0.3, -0.25) is 0 Å². The van der Waals surface area contributed by atoms with Crippen LogP contribution in [0, 0.1) is 0 Å². The highest BCUT2D eigenvalue weighted by atomic mass is 32.2. The first-order valence-electron chi connectivity index (χ1n) is 3.12. The number of rotatable bonds is 2. The SMILES string of the molecule is C=CCN=C(N=C(N)N)N=S(=O)=O. The molecule has 0 spiro atoms. The summed E-state index contributed by atoms with van der Waals surface area (Å²) in [7, 11) is -2.62. The smallest absolute Gasteiger partial charge is 0.319 e. The van der Waals surface area contributed by atoms with Crippen LogP contribution >= 0.6 is 0 Å². The highest BCUT2D eigenvalue weighted by Gasteiger charge is 1.93. The van der Waals surface area contributed by atoms with Crippen LogP contribution in [0.25, 0.3) is 0 Å². The Kier molecular flexibility index (Phi) is 5.12. The summed E-state index contributed by atoms with van der Waals surface area (Å²) in [6, 6.07) is 0. The van der Waals surface area contributed by atoms with Gasteiger partial charge in [-0.25, -0.2) is 4.99 Å². The molecule has 0 aromatic rings. The average molecular weight is 203 g/mol. The van der Waals surface area contributed by atoms with E-state index in [-0.39, 0.29) is 18.5 Å². The molecule has 0 heterocycles. The molecule has 0 fully saturated rings. The summed E-state index contributed by atoms with van der Waals surface area (Å²) < 4.78 is 23.3. The van der Waals surface area contributed by atoms with Gasteiger partial charge in [-0.1, -0.05) is 10.4 Å². The molecule has 0 saturated carbocycles. The van der Waals surface area contributed by atoms with E-state index in [1.54, 1.807) is 0 Å². The van der Waals surface area contributed by atoms with Crippen molar-refractivity contribution in [3.8, 4) is 0 Å². The zero-order valence-corrected chi connectivity index (χ0v) is 7.53. The van der Waals surface area contributed by atoms with E-state index in [1.807, 2.05) is 0 Å². The lowest BCUT2D eigenvalue weighted by molar-refractivity contribution is 0.623. The van der Waals surface area contributed by atoms with Crippen molar-refractivity contribution in [2.75, 3.05) is 6.54 Å². The van der Waals surface area contributed by atoms with Crippen molar-refractivity contribution >= 4 is 22.4 Å². The molecule has 0 bridgehead atoms. The third-order valence-corrected chi connectivity index (χ3v) is 1.06. The van der Waals surface area contributed by atoms with Crippen LogP contribution in [0.4, 0.5) is 0 Å². The van der Waals surface area contributed by atoms with Crippen LogP contribution in [0.15, 0.2) is 27.0 Å². The standard InChI is InChI=1S/C5H9N5O2S/c1-2-3-8-5(9-4(6)7)10-13(11)12/h2H,1,3H2,(H4,6,7,8,9). The van der Waals surface area contributed by atoms with Crippen molar-refractivity contribution in [2.45, 2.75) is 0 Å². The second-order valence-corrected chi connectivity index (χ2v) is 2.39. The molecule has 8 heteroatoms. The van der Waals surface area contributed by atoms with E-state index in [1.165, 1.54) is 6.08 Å². The van der Waals surface area contributed by atoms with Gasteiger partial charge in [0.25, 0.3) is 5.96 Å². The van der Waals surface area contributed by atoms with E-state index >= 15 is 0 Å². The lowest BCUT2D eigenvalue weighted by Gasteiger charge is -1.89. The first-order chi connectivity index (χ1) is 6.06. The molecule has 0 aliphatic rings. The van der Waals surface area contributed by atoms with Crippen molar-refractivity contribution in [1.29, 1.82) is 0 Å². The van der Waals surface area contributed by atoms with Crippen molar-refractivity contribution in [3.63, 3.8) is 0 Å². The van der Waals surface area contributed by atoms with E-state index in [9.17, 15) is 8.42 Å². The lowest BCUT2D eigenvalue weighted by Crippen LogP contribution is -2.23. The molecule has 72 valence electrons. The number of hydrogen-bond acceptors (Lipinski definition) is 3. The summed E-state index contributed by atoms with van der Waals surface area (Å²) in [6.45, 7) is 3.56. The minimum absolute atomic E-state index is 0.187. The predicted molar refractivity (Wildman–Crippen MR) is 49.7 cm³/mol. The first-order valence-corrected chi connectivity index (χ1v) is 4.15. The summed E-state index contributed by atoms with van der Waals surface area (Å²) in [5, 5.41) is 0. The van der Waals surface area contributed by atoms with Gasteiger partial charge in [-0.2, -0.15) is 13.4 Å². The van der Waals surface area contributed by atoms with Gasteiger partial charge in [0, 0.05) is 0 Å². The highest BCUT2D eigenvalue weighted by Crippen LogP contribution is 1.84. The van der Waals surface area contributed by atoms with Gasteiger partial charge in [0.15, 0.2) is 5.96 Å². The molecule has 0 atom stereocenters. The molecule has 0 aliphatic carbocycles. The normalized spacial score (nSPS) is 10.3. The zero-order chi connectivity index (χ0) is 10.3. The predicted octanol–water partition coefficient (Wildman–Crippen LogP) is -1.14. The molecule has 0 aliphatic heterocycles. The van der Waals surface area contributed by atoms with Crippen LogP contribution in [0.3, 0.4) is 0 Å². The van der Waals surface area contributed by atoms with Crippen molar-refractivity contribution in [3.05, 3.63) is 12.7 Å². The van der Waals surface area contributed by atoms with Gasteiger partial charge >= 0.3 is 10.5 Å². The van der Waals surface area contributed by atoms with Crippen LogP contribution in [0.2, 0.25) is 0 Å². The third kappa shape index (κ3) is 6.69. The Morgan fingerprint density at radius 1 is 1.46 bits per heavy atom. The number of aliphatic imine (C=N–C) groups is 2. The van der Waals surface area contributed by atoms with Crippen molar-refractivity contribution in [1.82, 2.24) is 0 Å². The fourth-order valence-corrected chi connectivity index (χ4v) is 0.645. The summed E-state index contributed by atoms with van der Waals surface area (Å²) >= 11 is 0. The number of nitrogens with zero attached hydrogens (tertiary/aromatic N) is 3. The average Bonchev–Trinajstić information content (AvgIpc) is 1.98. The molecule has 13 heavy (non-hydrogen) atoms. The van der Waals surface area contributed by atoms with Crippen LogP contribution in [-0.2, 0) is 10.5 Å². The Bertz CT molecular complexity index is 354. The maximum absolute atomic E-state index is 10.1. The monoisotopic (exact) mass is 203 g/mol. The van der Waals surface area contributed by atoms with E-state index in [4.69, 9.17) is 11.5 Å². The molecule has 0 unspecified atom stereocenters. The number of hydrogen-bond donors (Lipinski definition) is 2. The minimum atomic E-state index is -2.62. The summed E-state index contributed by atoms with van der Waals surface area (Å²) in [4.78, 5) is 6.98. The molecule has 4 N–H and O–H groups in total. The van der Waals surface area contributed by atoms with Gasteiger partial charge in [0.2, 0.25) is 0 Å². The van der Waals surface area contributed by atoms with Gasteiger partial charge in [-0.05, 0) is 0 Å². The van der Waals surface area contributed by atoms with Gasteiger partial charge in [-0.15, -0.1) is 6.58 Å². The van der Waals surface area contributed by atoms with Crippen LogP contribution < -0.4 is 11.5 Å². The Morgan fingerprint density at radius 2 is 2.08 bits per heavy atom. The summed E-state index contributed by atoms with van der Waals surface area (Å²) in [5.74, 6) is -0.606. The fourth-order valence-electron chi connectivity index (χ4n) is 0.413. The molecule has 0 rings (SSSR count). The van der Waals surface area contributed by atoms with Crippen molar-refractivity contribution in [2.24, 2.45) is 25.8 Å². The molecule has 0 amide bonds. The lowest BCUT2D eigenvalue weighted by atomic mass is 10.6. The van der Waals surface area contributed by atoms with E-state index in [0.29, 0.717) is 0 Å². The molecule has 0 aromatic carbocycles. The zero-order valence-electron chi connectivity index (χ0n) is 6.71. The summed E-state index contributed by atoms with van der Waals surface area (Å²) in [5.41, 5.74) is 10.0. The van der Waals surface area contributed by atoms with E-state index < -0.39 is 10.5 Å². The Morgan fingerprint density at radius 3 is 2.46 bits per heavy atom. The molecular weight excluding hydrogens is 194 g/mol. The molecule has 0 radical (unpaired) electrons. The van der Waals surface area contributed by atoms with Gasteiger partial charge in [0.1, 0.15) is 0 Å².